The third-order valence-electron chi connectivity index (χ3n) is 14.9. The fourth-order valence-electron chi connectivity index (χ4n) is 11.9. The van der Waals surface area contributed by atoms with Crippen LogP contribution >= 0.6 is 0 Å². The molecule has 0 saturated heterocycles. The molecule has 0 fully saturated rings. The highest BCUT2D eigenvalue weighted by molar-refractivity contribution is 6.25. The van der Waals surface area contributed by atoms with E-state index in [2.05, 4.69) is 217 Å². The van der Waals surface area contributed by atoms with Crippen molar-refractivity contribution in [3.63, 3.8) is 0 Å². The fraction of sp³-hybridized carbons (Fsp3) is 0. The molecule has 9 nitrogen and oxygen atoms in total. The molecule has 10 aromatic carbocycles. The summed E-state index contributed by atoms with van der Waals surface area (Å²) in [5, 5.41) is 10.7. The van der Waals surface area contributed by atoms with Crippen LogP contribution in [0.5, 0.6) is 0 Å². The van der Waals surface area contributed by atoms with E-state index in [1.807, 2.05) is 24.3 Å². The van der Waals surface area contributed by atoms with Crippen LogP contribution in [0, 0.1) is 6.57 Å². The molecule has 9 heteroatoms. The predicted molar refractivity (Wildman–Crippen MR) is 296 cm³/mol. The van der Waals surface area contributed by atoms with Gasteiger partial charge in [0.1, 0.15) is 11.2 Å². The Morgan fingerprint density at radius 1 is 0.342 bits per heavy atom. The van der Waals surface area contributed by atoms with Gasteiger partial charge < -0.3 is 13.6 Å². The summed E-state index contributed by atoms with van der Waals surface area (Å²) in [5.74, 6) is 1.44. The topological polar surface area (TPSA) is 75.9 Å². The monoisotopic (exact) mass is 932 g/mol. The minimum atomic E-state index is 0.480. The minimum Gasteiger partial charge on any atom is -0.456 e. The number of aromatic nitrogens is 7. The quantitative estimate of drug-likeness (QED) is 0.161. The lowest BCUT2D eigenvalue weighted by Crippen LogP contribution is -2.12. The second-order valence-electron chi connectivity index (χ2n) is 18.6. The fourth-order valence-corrected chi connectivity index (χ4v) is 11.9. The van der Waals surface area contributed by atoms with E-state index in [9.17, 15) is 0 Å². The van der Waals surface area contributed by atoms with E-state index >= 15 is 0 Å². The minimum absolute atomic E-state index is 0.480. The van der Waals surface area contributed by atoms with E-state index in [0.717, 1.165) is 126 Å². The Morgan fingerprint density at radius 2 is 0.781 bits per heavy atom. The van der Waals surface area contributed by atoms with E-state index in [0.29, 0.717) is 23.4 Å². The largest absolute Gasteiger partial charge is 0.456 e. The third kappa shape index (κ3) is 5.46. The van der Waals surface area contributed by atoms with E-state index in [4.69, 9.17) is 25.9 Å². The summed E-state index contributed by atoms with van der Waals surface area (Å²) < 4.78 is 15.7. The smallest absolute Gasteiger partial charge is 0.240 e. The van der Waals surface area contributed by atoms with Gasteiger partial charge in [0.05, 0.1) is 73.0 Å². The van der Waals surface area contributed by atoms with E-state index < -0.39 is 0 Å². The highest BCUT2D eigenvalue weighted by Gasteiger charge is 2.28. The number of rotatable bonds is 5. The lowest BCUT2D eigenvalue weighted by Gasteiger charge is -2.20. The molecule has 6 heterocycles. The maximum Gasteiger partial charge on any atom is 0.240 e. The number of furan rings is 1. The van der Waals surface area contributed by atoms with Crippen molar-refractivity contribution in [2.45, 2.75) is 0 Å². The molecule has 338 valence electrons. The molecule has 0 N–H and O–H groups in total. The second-order valence-corrected chi connectivity index (χ2v) is 18.6. The van der Waals surface area contributed by atoms with Crippen LogP contribution in [0.15, 0.2) is 223 Å². The molecular weight excluding hydrogens is 897 g/mol. The Balaban J connectivity index is 1.12. The summed E-state index contributed by atoms with van der Waals surface area (Å²) in [6.07, 6.45) is 0. The molecule has 0 aliphatic rings. The van der Waals surface area contributed by atoms with Crippen LogP contribution < -0.4 is 0 Å². The number of hydrogen-bond acceptors (Lipinski definition) is 4. The summed E-state index contributed by atoms with van der Waals surface area (Å²) in [5.41, 5.74) is 12.7. The molecule has 0 saturated carbocycles. The zero-order chi connectivity index (χ0) is 47.9. The van der Waals surface area contributed by atoms with Gasteiger partial charge in [-0.1, -0.05) is 140 Å². The molecule has 0 spiro atoms. The van der Waals surface area contributed by atoms with Crippen molar-refractivity contribution in [3.8, 4) is 34.7 Å². The molecule has 0 amide bonds. The first-order chi connectivity index (χ1) is 36.2. The van der Waals surface area contributed by atoms with Crippen LogP contribution in [-0.4, -0.2) is 33.2 Å². The highest BCUT2D eigenvalue weighted by atomic mass is 16.3. The van der Waals surface area contributed by atoms with Gasteiger partial charge in [-0.15, -0.1) is 0 Å². The molecule has 16 aromatic rings. The van der Waals surface area contributed by atoms with Crippen molar-refractivity contribution in [2.24, 2.45) is 0 Å². The first-order valence-corrected chi connectivity index (χ1v) is 24.3. The number of hydrogen-bond donors (Lipinski definition) is 0. The van der Waals surface area contributed by atoms with Gasteiger partial charge in [0.25, 0.3) is 0 Å². The Hall–Kier alpha value is -10.3. The van der Waals surface area contributed by atoms with Gasteiger partial charge in [-0.05, 0) is 84.2 Å². The highest BCUT2D eigenvalue weighted by Crippen LogP contribution is 2.46. The zero-order valence-electron chi connectivity index (χ0n) is 38.8. The van der Waals surface area contributed by atoms with Crippen molar-refractivity contribution in [1.82, 2.24) is 33.2 Å². The van der Waals surface area contributed by atoms with Crippen LogP contribution in [0.4, 0.5) is 5.69 Å². The molecular formula is C64H36N8O. The lowest BCUT2D eigenvalue weighted by molar-refractivity contribution is 0.669. The maximum absolute atomic E-state index is 8.02. The predicted octanol–water partition coefficient (Wildman–Crippen LogP) is 16.4. The number of benzene rings is 10. The van der Waals surface area contributed by atoms with E-state index in [1.54, 1.807) is 0 Å². The summed E-state index contributed by atoms with van der Waals surface area (Å²) in [6, 6.07) is 76.0. The van der Waals surface area contributed by atoms with Gasteiger partial charge in [0, 0.05) is 43.1 Å². The summed E-state index contributed by atoms with van der Waals surface area (Å²) in [6.45, 7) is 8.02. The third-order valence-corrected chi connectivity index (χ3v) is 14.9. The maximum atomic E-state index is 8.02. The molecule has 0 atom stereocenters. The average Bonchev–Trinajstić information content (AvgIpc) is 4.27. The molecule has 16 rings (SSSR count). The average molecular weight is 933 g/mol. The standard InChI is InChI=1S/C64H36N8O/c1-65-38-33-35-54-47(37-38)44-22-7-9-24-48(44)69(54)55-30-16-31-56(70-49-25-10-6-21-43(49)45-34-36-58-59(61(45)70)46-23-8-15-32-57(46)73-58)60(55)62-66-63(71-50-26-11-2-17-39(50)40-18-3-12-27-51(40)71)68-64(67-62)72-52-28-13-4-19-41(52)42-20-5-14-29-53(42)72/h2-37H. The van der Waals surface area contributed by atoms with Gasteiger partial charge in [0.2, 0.25) is 11.9 Å². The number of nitrogens with zero attached hydrogens (tertiary/aromatic N) is 8. The zero-order valence-corrected chi connectivity index (χ0v) is 38.8. The first kappa shape index (κ1) is 39.5. The number of para-hydroxylation sites is 7. The van der Waals surface area contributed by atoms with Crippen LogP contribution in [-0.2, 0) is 0 Å². The van der Waals surface area contributed by atoms with Crippen LogP contribution in [0.3, 0.4) is 0 Å². The first-order valence-electron chi connectivity index (χ1n) is 24.3. The van der Waals surface area contributed by atoms with Gasteiger partial charge in [0.15, 0.2) is 11.5 Å². The van der Waals surface area contributed by atoms with Crippen molar-refractivity contribution in [1.29, 1.82) is 0 Å². The van der Waals surface area contributed by atoms with Gasteiger partial charge in [-0.25, -0.2) is 4.85 Å². The molecule has 0 unspecified atom stereocenters. The van der Waals surface area contributed by atoms with E-state index in [-0.39, 0.29) is 0 Å². The Bertz CT molecular complexity index is 4840. The Morgan fingerprint density at radius 3 is 1.33 bits per heavy atom. The SMILES string of the molecule is [C-]#[N+]c1ccc2c(c1)c1ccccc1n2-c1cccc(-n2c3ccccc3c3ccc4oc5ccccc5c4c32)c1-c1nc(-n2c3ccccc3c3ccccc32)nc(-n2c3ccccc3c3ccccc32)n1. The molecule has 73 heavy (non-hydrogen) atoms. The molecule has 0 aliphatic carbocycles. The van der Waals surface area contributed by atoms with Crippen molar-refractivity contribution in [2.75, 3.05) is 0 Å². The van der Waals surface area contributed by atoms with Crippen LogP contribution in [0.25, 0.3) is 149 Å². The second kappa shape index (κ2) is 14.9. The van der Waals surface area contributed by atoms with Gasteiger partial charge in [-0.2, -0.15) is 15.0 Å². The molecule has 0 aliphatic heterocycles. The van der Waals surface area contributed by atoms with Crippen molar-refractivity contribution >= 4 is 115 Å². The molecule has 0 radical (unpaired) electrons. The van der Waals surface area contributed by atoms with Gasteiger partial charge >= 0.3 is 0 Å². The lowest BCUT2D eigenvalue weighted by atomic mass is 10.1. The molecule has 6 aromatic heterocycles. The van der Waals surface area contributed by atoms with Crippen LogP contribution in [0.1, 0.15) is 0 Å². The van der Waals surface area contributed by atoms with Crippen molar-refractivity contribution < 1.29 is 4.42 Å². The van der Waals surface area contributed by atoms with Crippen LogP contribution in [0.2, 0.25) is 0 Å². The Labute approximate surface area is 415 Å². The Kier molecular flexibility index (Phi) is 8.05. The van der Waals surface area contributed by atoms with Gasteiger partial charge in [-0.3, -0.25) is 9.13 Å². The van der Waals surface area contributed by atoms with Crippen molar-refractivity contribution in [3.05, 3.63) is 230 Å². The molecule has 0 bridgehead atoms. The summed E-state index contributed by atoms with van der Waals surface area (Å²) in [7, 11) is 0. The summed E-state index contributed by atoms with van der Waals surface area (Å²) in [4.78, 5) is 20.9. The number of fused-ring (bicyclic) bond motifs is 16. The summed E-state index contributed by atoms with van der Waals surface area (Å²) >= 11 is 0. The van der Waals surface area contributed by atoms with E-state index in [1.165, 1.54) is 0 Å². The normalized spacial score (nSPS) is 12.1.